The Morgan fingerprint density at radius 2 is 2.31 bits per heavy atom. The Hall–Kier alpha value is -0.540. The van der Waals surface area contributed by atoms with Crippen molar-refractivity contribution in [2.75, 3.05) is 0 Å². The molecule has 1 aromatic carbocycles. The fourth-order valence-electron chi connectivity index (χ4n) is 0.949. The minimum absolute atomic E-state index is 0.199. The molecule has 0 aliphatic carbocycles. The number of carbonyl (C=O) groups is 1. The molecule has 0 atom stereocenters. The SMILES string of the molecule is Cc1ccc(Br)c(COC(=O)Cl)c1. The van der Waals surface area contributed by atoms with Crippen LogP contribution in [-0.4, -0.2) is 5.43 Å². The van der Waals surface area contributed by atoms with Gasteiger partial charge in [-0.1, -0.05) is 33.6 Å². The number of rotatable bonds is 2. The summed E-state index contributed by atoms with van der Waals surface area (Å²) in [4.78, 5) is 10.3. The van der Waals surface area contributed by atoms with Crippen LogP contribution in [0.1, 0.15) is 11.1 Å². The molecule has 0 amide bonds. The summed E-state index contributed by atoms with van der Waals surface area (Å²) < 4.78 is 5.57. The maximum Gasteiger partial charge on any atom is 0.404 e. The van der Waals surface area contributed by atoms with Gasteiger partial charge >= 0.3 is 5.43 Å². The number of halogens is 2. The lowest BCUT2D eigenvalue weighted by Gasteiger charge is -2.04. The fourth-order valence-corrected chi connectivity index (χ4v) is 1.36. The van der Waals surface area contributed by atoms with Crippen LogP contribution >= 0.6 is 27.5 Å². The highest BCUT2D eigenvalue weighted by Crippen LogP contribution is 2.19. The first-order chi connectivity index (χ1) is 6.09. The van der Waals surface area contributed by atoms with Crippen LogP contribution in [0.3, 0.4) is 0 Å². The minimum Gasteiger partial charge on any atom is -0.449 e. The van der Waals surface area contributed by atoms with E-state index in [0.717, 1.165) is 15.6 Å². The van der Waals surface area contributed by atoms with Crippen LogP contribution in [0.15, 0.2) is 22.7 Å². The molecule has 0 bridgehead atoms. The van der Waals surface area contributed by atoms with Gasteiger partial charge in [0, 0.05) is 21.6 Å². The van der Waals surface area contributed by atoms with Crippen molar-refractivity contribution in [3.05, 3.63) is 33.8 Å². The highest BCUT2D eigenvalue weighted by Gasteiger charge is 2.02. The summed E-state index contributed by atoms with van der Waals surface area (Å²) in [5, 5.41) is 0. The van der Waals surface area contributed by atoms with E-state index < -0.39 is 5.43 Å². The Morgan fingerprint density at radius 1 is 1.62 bits per heavy atom. The van der Waals surface area contributed by atoms with E-state index in [1.807, 2.05) is 25.1 Å². The second kappa shape index (κ2) is 4.63. The predicted molar refractivity (Wildman–Crippen MR) is 54.9 cm³/mol. The lowest BCUT2D eigenvalue weighted by Crippen LogP contribution is -1.96. The topological polar surface area (TPSA) is 26.3 Å². The fraction of sp³-hybridized carbons (Fsp3) is 0.222. The van der Waals surface area contributed by atoms with Gasteiger partial charge in [-0.05, 0) is 13.0 Å². The second-order valence-electron chi connectivity index (χ2n) is 2.62. The van der Waals surface area contributed by atoms with Gasteiger partial charge in [-0.2, -0.15) is 0 Å². The van der Waals surface area contributed by atoms with Gasteiger partial charge in [-0.3, -0.25) is 0 Å². The molecule has 70 valence electrons. The van der Waals surface area contributed by atoms with Crippen LogP contribution in [0.25, 0.3) is 0 Å². The number of hydrogen-bond donors (Lipinski definition) is 0. The Balaban J connectivity index is 2.75. The van der Waals surface area contributed by atoms with Crippen molar-refractivity contribution >= 4 is 33.0 Å². The van der Waals surface area contributed by atoms with E-state index >= 15 is 0 Å². The monoisotopic (exact) mass is 262 g/mol. The van der Waals surface area contributed by atoms with Crippen molar-refractivity contribution in [2.24, 2.45) is 0 Å². The van der Waals surface area contributed by atoms with Crippen molar-refractivity contribution in [2.45, 2.75) is 13.5 Å². The van der Waals surface area contributed by atoms with Crippen LogP contribution in [0.4, 0.5) is 4.79 Å². The van der Waals surface area contributed by atoms with E-state index in [1.165, 1.54) is 0 Å². The number of aryl methyl sites for hydroxylation is 1. The quantitative estimate of drug-likeness (QED) is 0.762. The summed E-state index contributed by atoms with van der Waals surface area (Å²) in [5.41, 5.74) is 1.24. The molecule has 0 saturated carbocycles. The first kappa shape index (κ1) is 10.5. The first-order valence-corrected chi connectivity index (χ1v) is 4.84. The van der Waals surface area contributed by atoms with Gasteiger partial charge in [0.25, 0.3) is 0 Å². The zero-order chi connectivity index (χ0) is 9.84. The molecular weight excluding hydrogens is 255 g/mol. The van der Waals surface area contributed by atoms with Gasteiger partial charge < -0.3 is 4.74 Å². The van der Waals surface area contributed by atoms with Gasteiger partial charge in [0.2, 0.25) is 0 Å². The molecule has 13 heavy (non-hydrogen) atoms. The van der Waals surface area contributed by atoms with Crippen molar-refractivity contribution < 1.29 is 9.53 Å². The third-order valence-corrected chi connectivity index (χ3v) is 2.43. The largest absolute Gasteiger partial charge is 0.449 e. The minimum atomic E-state index is -0.784. The molecular formula is C9H8BrClO2. The Labute approximate surface area is 90.0 Å². The molecule has 0 aromatic heterocycles. The lowest BCUT2D eigenvalue weighted by molar-refractivity contribution is 0.167. The summed E-state index contributed by atoms with van der Waals surface area (Å²) in [6.45, 7) is 2.17. The summed E-state index contributed by atoms with van der Waals surface area (Å²) in [5.74, 6) is 0. The zero-order valence-corrected chi connectivity index (χ0v) is 9.35. The summed E-state index contributed by atoms with van der Waals surface area (Å²) >= 11 is 8.39. The Bertz CT molecular complexity index is 325. The number of carbonyl (C=O) groups excluding carboxylic acids is 1. The molecule has 0 unspecified atom stereocenters. The molecule has 0 aliphatic rings. The summed E-state index contributed by atoms with van der Waals surface area (Å²) in [6, 6.07) is 5.81. The van der Waals surface area contributed by atoms with Gasteiger partial charge in [0.15, 0.2) is 0 Å². The van der Waals surface area contributed by atoms with Crippen LogP contribution in [0, 0.1) is 6.92 Å². The molecule has 1 aromatic rings. The smallest absolute Gasteiger partial charge is 0.404 e. The molecule has 0 heterocycles. The third kappa shape index (κ3) is 3.36. The van der Waals surface area contributed by atoms with Crippen LogP contribution in [0.2, 0.25) is 0 Å². The Kier molecular flexibility index (Phi) is 3.75. The second-order valence-corrected chi connectivity index (χ2v) is 3.78. The first-order valence-electron chi connectivity index (χ1n) is 3.67. The maximum atomic E-state index is 10.3. The Morgan fingerprint density at radius 3 is 2.92 bits per heavy atom. The molecule has 0 saturated heterocycles. The standard InChI is InChI=1S/C9H8BrClO2/c1-6-2-3-8(10)7(4-6)5-13-9(11)12/h2-4H,5H2,1H3. The number of benzene rings is 1. The highest BCUT2D eigenvalue weighted by molar-refractivity contribution is 9.10. The number of hydrogen-bond acceptors (Lipinski definition) is 2. The van der Waals surface area contributed by atoms with E-state index in [1.54, 1.807) is 0 Å². The molecule has 4 heteroatoms. The molecule has 0 radical (unpaired) electrons. The van der Waals surface area contributed by atoms with Crippen molar-refractivity contribution in [1.82, 2.24) is 0 Å². The predicted octanol–water partition coefficient (Wildman–Crippen LogP) is 3.63. The van der Waals surface area contributed by atoms with E-state index in [-0.39, 0.29) is 6.61 Å². The molecule has 1 rings (SSSR count). The van der Waals surface area contributed by atoms with Crippen molar-refractivity contribution in [1.29, 1.82) is 0 Å². The average molecular weight is 264 g/mol. The van der Waals surface area contributed by atoms with Crippen molar-refractivity contribution in [3.63, 3.8) is 0 Å². The van der Waals surface area contributed by atoms with Gasteiger partial charge in [-0.25, -0.2) is 4.79 Å². The number of ether oxygens (including phenoxy) is 1. The van der Waals surface area contributed by atoms with Gasteiger partial charge in [0.1, 0.15) is 6.61 Å². The van der Waals surface area contributed by atoms with Crippen LogP contribution in [0.5, 0.6) is 0 Å². The molecule has 2 nitrogen and oxygen atoms in total. The van der Waals surface area contributed by atoms with E-state index in [2.05, 4.69) is 20.7 Å². The van der Waals surface area contributed by atoms with E-state index in [4.69, 9.17) is 11.6 Å². The zero-order valence-electron chi connectivity index (χ0n) is 7.01. The molecule has 0 aliphatic heterocycles. The lowest BCUT2D eigenvalue weighted by atomic mass is 10.1. The maximum absolute atomic E-state index is 10.3. The third-order valence-electron chi connectivity index (χ3n) is 1.54. The molecule has 0 spiro atoms. The normalized spacial score (nSPS) is 9.77. The van der Waals surface area contributed by atoms with Gasteiger partial charge in [0.05, 0.1) is 0 Å². The van der Waals surface area contributed by atoms with Crippen molar-refractivity contribution in [3.8, 4) is 0 Å². The molecule has 0 N–H and O–H groups in total. The average Bonchev–Trinajstić information content (AvgIpc) is 2.06. The van der Waals surface area contributed by atoms with Crippen LogP contribution < -0.4 is 0 Å². The summed E-state index contributed by atoms with van der Waals surface area (Å²) in [6.07, 6.45) is 0. The van der Waals surface area contributed by atoms with Crippen LogP contribution in [-0.2, 0) is 11.3 Å². The molecule has 0 fully saturated rings. The summed E-state index contributed by atoms with van der Waals surface area (Å²) in [7, 11) is 0. The van der Waals surface area contributed by atoms with Gasteiger partial charge in [-0.15, -0.1) is 0 Å². The van der Waals surface area contributed by atoms with E-state index in [9.17, 15) is 4.79 Å². The highest BCUT2D eigenvalue weighted by atomic mass is 79.9. The van der Waals surface area contributed by atoms with E-state index in [0.29, 0.717) is 0 Å².